The van der Waals surface area contributed by atoms with Crippen molar-refractivity contribution in [2.24, 2.45) is 11.7 Å². The van der Waals surface area contributed by atoms with Gasteiger partial charge in [-0.1, -0.05) is 11.6 Å². The molecule has 1 aromatic rings. The zero-order valence-corrected chi connectivity index (χ0v) is 11.5. The van der Waals surface area contributed by atoms with Crippen molar-refractivity contribution < 1.29 is 4.79 Å². The summed E-state index contributed by atoms with van der Waals surface area (Å²) in [6.07, 6.45) is 0.527. The van der Waals surface area contributed by atoms with Gasteiger partial charge in [-0.15, -0.1) is 0 Å². The van der Waals surface area contributed by atoms with Gasteiger partial charge in [-0.3, -0.25) is 4.79 Å². The number of nitrogens with zero attached hydrogens (tertiary/aromatic N) is 1. The maximum Gasteiger partial charge on any atom is 0.227 e. The fourth-order valence-corrected chi connectivity index (χ4v) is 2.83. The Morgan fingerprint density at radius 1 is 1.56 bits per heavy atom. The molecular weight excluding hydrogens is 338 g/mol. The van der Waals surface area contributed by atoms with Crippen LogP contribution in [0.15, 0.2) is 18.2 Å². The highest BCUT2D eigenvalue weighted by Gasteiger charge is 2.30. The first-order chi connectivity index (χ1) is 7.61. The van der Waals surface area contributed by atoms with Crippen LogP contribution in [0.2, 0.25) is 5.02 Å². The SMILES string of the molecule is NCC1CC(=O)N(c2ccc(I)cc2Cl)C1. The molecule has 0 radical (unpaired) electrons. The largest absolute Gasteiger partial charge is 0.330 e. The molecule has 1 aliphatic rings. The molecule has 3 nitrogen and oxygen atoms in total. The molecule has 0 saturated carbocycles. The van der Waals surface area contributed by atoms with Crippen LogP contribution in [0.5, 0.6) is 0 Å². The Hall–Kier alpha value is -0.330. The van der Waals surface area contributed by atoms with Crippen molar-refractivity contribution in [2.45, 2.75) is 6.42 Å². The number of amides is 1. The molecule has 1 fully saturated rings. The summed E-state index contributed by atoms with van der Waals surface area (Å²) in [4.78, 5) is 13.5. The molecule has 0 aliphatic carbocycles. The van der Waals surface area contributed by atoms with Gasteiger partial charge >= 0.3 is 0 Å². The standard InChI is InChI=1S/C11H12ClIN2O/c12-9-4-8(13)1-2-10(9)15-6-7(5-14)3-11(15)16/h1-2,4,7H,3,5-6,14H2. The van der Waals surface area contributed by atoms with Gasteiger partial charge in [0.2, 0.25) is 5.91 Å². The third-order valence-electron chi connectivity index (χ3n) is 2.74. The van der Waals surface area contributed by atoms with Gasteiger partial charge in [-0.2, -0.15) is 0 Å². The van der Waals surface area contributed by atoms with E-state index < -0.39 is 0 Å². The van der Waals surface area contributed by atoms with Crippen LogP contribution in [0.25, 0.3) is 0 Å². The molecule has 1 atom stereocenters. The molecule has 2 rings (SSSR count). The van der Waals surface area contributed by atoms with Crippen molar-refractivity contribution in [1.29, 1.82) is 0 Å². The summed E-state index contributed by atoms with van der Waals surface area (Å²) in [6.45, 7) is 1.22. The third kappa shape index (κ3) is 2.33. The molecule has 1 heterocycles. The highest BCUT2D eigenvalue weighted by molar-refractivity contribution is 14.1. The van der Waals surface area contributed by atoms with E-state index in [1.807, 2.05) is 18.2 Å². The average Bonchev–Trinajstić information content (AvgIpc) is 2.60. The minimum absolute atomic E-state index is 0.110. The van der Waals surface area contributed by atoms with E-state index >= 15 is 0 Å². The van der Waals surface area contributed by atoms with Crippen molar-refractivity contribution in [1.82, 2.24) is 0 Å². The van der Waals surface area contributed by atoms with Gasteiger partial charge in [0.05, 0.1) is 10.7 Å². The van der Waals surface area contributed by atoms with Gasteiger partial charge in [0, 0.05) is 16.5 Å². The summed E-state index contributed by atoms with van der Waals surface area (Å²) in [5.41, 5.74) is 6.38. The number of nitrogens with two attached hydrogens (primary N) is 1. The van der Waals surface area contributed by atoms with Gasteiger partial charge in [-0.25, -0.2) is 0 Å². The van der Waals surface area contributed by atoms with Crippen LogP contribution in [-0.2, 0) is 4.79 Å². The smallest absolute Gasteiger partial charge is 0.227 e. The second-order valence-electron chi connectivity index (χ2n) is 3.91. The summed E-state index contributed by atoms with van der Waals surface area (Å²) < 4.78 is 1.06. The van der Waals surface area contributed by atoms with Crippen molar-refractivity contribution in [2.75, 3.05) is 18.0 Å². The van der Waals surface area contributed by atoms with Crippen LogP contribution in [0.3, 0.4) is 0 Å². The van der Waals surface area contributed by atoms with E-state index in [0.717, 1.165) is 9.26 Å². The Bertz CT molecular complexity index is 424. The lowest BCUT2D eigenvalue weighted by molar-refractivity contribution is -0.117. The fraction of sp³-hybridized carbons (Fsp3) is 0.364. The van der Waals surface area contributed by atoms with Crippen molar-refractivity contribution >= 4 is 45.8 Å². The van der Waals surface area contributed by atoms with Gasteiger partial charge in [0.1, 0.15) is 0 Å². The summed E-state index contributed by atoms with van der Waals surface area (Å²) in [5.74, 6) is 0.362. The number of rotatable bonds is 2. The maximum atomic E-state index is 11.8. The van der Waals surface area contributed by atoms with E-state index in [4.69, 9.17) is 17.3 Å². The monoisotopic (exact) mass is 350 g/mol. The topological polar surface area (TPSA) is 46.3 Å². The molecule has 1 aliphatic heterocycles. The van der Waals surface area contributed by atoms with Crippen LogP contribution in [0, 0.1) is 9.49 Å². The van der Waals surface area contributed by atoms with E-state index in [1.54, 1.807) is 4.90 Å². The zero-order chi connectivity index (χ0) is 11.7. The number of hydrogen-bond donors (Lipinski definition) is 1. The average molecular weight is 351 g/mol. The quantitative estimate of drug-likeness (QED) is 0.832. The molecule has 86 valence electrons. The highest BCUT2D eigenvalue weighted by Crippen LogP contribution is 2.31. The van der Waals surface area contributed by atoms with Gasteiger partial charge < -0.3 is 10.6 Å². The predicted molar refractivity (Wildman–Crippen MR) is 73.7 cm³/mol. The third-order valence-corrected chi connectivity index (χ3v) is 3.71. The van der Waals surface area contributed by atoms with E-state index in [9.17, 15) is 4.79 Å². The molecule has 1 saturated heterocycles. The first kappa shape index (κ1) is 12.1. The second kappa shape index (κ2) is 4.89. The highest BCUT2D eigenvalue weighted by atomic mass is 127. The van der Waals surface area contributed by atoms with Crippen molar-refractivity contribution in [3.63, 3.8) is 0 Å². The normalized spacial score (nSPS) is 20.6. The molecule has 0 spiro atoms. The molecule has 0 bridgehead atoms. The van der Waals surface area contributed by atoms with Crippen molar-refractivity contribution in [3.05, 3.63) is 26.8 Å². The van der Waals surface area contributed by atoms with E-state index in [0.29, 0.717) is 24.5 Å². The van der Waals surface area contributed by atoms with Gasteiger partial charge in [-0.05, 0) is 53.3 Å². The summed E-state index contributed by atoms with van der Waals surface area (Å²) in [7, 11) is 0. The van der Waals surface area contributed by atoms with Crippen LogP contribution < -0.4 is 10.6 Å². The second-order valence-corrected chi connectivity index (χ2v) is 5.56. The summed E-state index contributed by atoms with van der Waals surface area (Å²) >= 11 is 8.33. The number of anilines is 1. The summed E-state index contributed by atoms with van der Waals surface area (Å²) in [6, 6.07) is 5.70. The number of benzene rings is 1. The van der Waals surface area contributed by atoms with Crippen LogP contribution in [0.4, 0.5) is 5.69 Å². The lowest BCUT2D eigenvalue weighted by atomic mass is 10.1. The Balaban J connectivity index is 2.28. The fourth-order valence-electron chi connectivity index (χ4n) is 1.87. The Labute approximate surface area is 113 Å². The van der Waals surface area contributed by atoms with E-state index in [2.05, 4.69) is 22.6 Å². The lowest BCUT2D eigenvalue weighted by Crippen LogP contribution is -2.26. The number of carbonyl (C=O) groups is 1. The zero-order valence-electron chi connectivity index (χ0n) is 8.62. The van der Waals surface area contributed by atoms with E-state index in [-0.39, 0.29) is 11.8 Å². The van der Waals surface area contributed by atoms with Crippen LogP contribution in [0.1, 0.15) is 6.42 Å². The molecule has 1 unspecified atom stereocenters. The molecule has 1 amide bonds. The Morgan fingerprint density at radius 3 is 2.88 bits per heavy atom. The van der Waals surface area contributed by atoms with Crippen LogP contribution >= 0.6 is 34.2 Å². The number of hydrogen-bond acceptors (Lipinski definition) is 2. The Kier molecular flexibility index (Phi) is 3.71. The molecular formula is C11H12ClIN2O. The molecule has 5 heteroatoms. The van der Waals surface area contributed by atoms with Crippen molar-refractivity contribution in [3.8, 4) is 0 Å². The molecule has 16 heavy (non-hydrogen) atoms. The molecule has 2 N–H and O–H groups in total. The summed E-state index contributed by atoms with van der Waals surface area (Å²) in [5, 5.41) is 0.623. The van der Waals surface area contributed by atoms with Gasteiger partial charge in [0.15, 0.2) is 0 Å². The first-order valence-corrected chi connectivity index (χ1v) is 6.53. The molecule has 1 aromatic carbocycles. The maximum absolute atomic E-state index is 11.8. The minimum Gasteiger partial charge on any atom is -0.330 e. The Morgan fingerprint density at radius 2 is 2.31 bits per heavy atom. The van der Waals surface area contributed by atoms with Crippen LogP contribution in [-0.4, -0.2) is 19.0 Å². The van der Waals surface area contributed by atoms with Gasteiger partial charge in [0.25, 0.3) is 0 Å². The van der Waals surface area contributed by atoms with E-state index in [1.165, 1.54) is 0 Å². The first-order valence-electron chi connectivity index (χ1n) is 5.07. The predicted octanol–water partition coefficient (Wildman–Crippen LogP) is 2.26. The molecule has 0 aromatic heterocycles. The minimum atomic E-state index is 0.110. The number of halogens is 2. The number of carbonyl (C=O) groups excluding carboxylic acids is 1. The lowest BCUT2D eigenvalue weighted by Gasteiger charge is -2.18.